The second-order valence-electron chi connectivity index (χ2n) is 5.47. The van der Waals surface area contributed by atoms with Crippen molar-refractivity contribution in [2.75, 3.05) is 6.54 Å². The van der Waals surface area contributed by atoms with E-state index in [-0.39, 0.29) is 5.75 Å². The van der Waals surface area contributed by atoms with E-state index in [0.717, 1.165) is 5.57 Å². The summed E-state index contributed by atoms with van der Waals surface area (Å²) in [6, 6.07) is 4.70. The van der Waals surface area contributed by atoms with E-state index >= 15 is 0 Å². The third-order valence-corrected chi connectivity index (χ3v) is 3.51. The van der Waals surface area contributed by atoms with E-state index in [1.807, 2.05) is 25.2 Å². The van der Waals surface area contributed by atoms with Crippen LogP contribution in [0.2, 0.25) is 0 Å². The number of benzene rings is 1. The molecule has 0 spiro atoms. The number of allylic oxidation sites excluding steroid dienone is 7. The van der Waals surface area contributed by atoms with Gasteiger partial charge in [0.15, 0.2) is 0 Å². The van der Waals surface area contributed by atoms with Crippen LogP contribution in [-0.4, -0.2) is 30.5 Å². The van der Waals surface area contributed by atoms with Gasteiger partial charge in [-0.05, 0) is 43.5 Å². The third-order valence-electron chi connectivity index (χ3n) is 3.51. The lowest BCUT2D eigenvalue weighted by atomic mass is 10.1. The lowest BCUT2D eigenvalue weighted by molar-refractivity contribution is -0.104. The number of phenols is 1. The Balaban J connectivity index is 3.45. The van der Waals surface area contributed by atoms with Gasteiger partial charge in [-0.25, -0.2) is 0 Å². The van der Waals surface area contributed by atoms with Crippen molar-refractivity contribution >= 4 is 24.5 Å². The molecular weight excluding hydrogens is 350 g/mol. The molecule has 0 amide bonds. The normalized spacial score (nSPS) is 13.0. The number of hydrogen-bond donors (Lipinski definition) is 2. The van der Waals surface area contributed by atoms with Gasteiger partial charge in [0.05, 0.1) is 12.2 Å². The Morgan fingerprint density at radius 2 is 2.04 bits per heavy atom. The molecule has 0 aromatic heterocycles. The molecule has 1 aromatic rings. The highest BCUT2D eigenvalue weighted by Gasteiger charge is 2.11. The minimum absolute atomic E-state index is 0.0628. The molecule has 0 heterocycles. The van der Waals surface area contributed by atoms with Crippen LogP contribution in [0.5, 0.6) is 5.75 Å². The number of nitrogens with zero attached hydrogens (tertiary/aromatic N) is 2. The summed E-state index contributed by atoms with van der Waals surface area (Å²) >= 11 is 0. The van der Waals surface area contributed by atoms with Crippen LogP contribution < -0.4 is 5.32 Å². The molecule has 5 heteroatoms. The van der Waals surface area contributed by atoms with Crippen LogP contribution in [0.4, 0.5) is 5.69 Å². The van der Waals surface area contributed by atoms with E-state index in [0.29, 0.717) is 35.6 Å². The topological polar surface area (TPSA) is 74.0 Å². The largest absolute Gasteiger partial charge is 0.508 e. The quantitative estimate of drug-likeness (QED) is 0.207. The van der Waals surface area contributed by atoms with Gasteiger partial charge in [-0.3, -0.25) is 14.8 Å². The molecule has 0 aliphatic rings. The predicted molar refractivity (Wildman–Crippen MR) is 118 cm³/mol. The van der Waals surface area contributed by atoms with Crippen LogP contribution in [0.3, 0.4) is 0 Å². The molecule has 0 unspecified atom stereocenters. The maximum absolute atomic E-state index is 11.0. The number of nitrogens with one attached hydrogen (secondary N) is 1. The molecule has 1 aromatic carbocycles. The Hall–Kier alpha value is -3.73. The lowest BCUT2D eigenvalue weighted by Gasteiger charge is -2.14. The molecule has 144 valence electrons. The fourth-order valence-corrected chi connectivity index (χ4v) is 2.14. The molecule has 2 N–H and O–H groups in total. The third kappa shape index (κ3) is 7.25. The van der Waals surface area contributed by atoms with E-state index < -0.39 is 0 Å². The molecule has 0 saturated carbocycles. The summed E-state index contributed by atoms with van der Waals surface area (Å²) in [5.74, 6) is 0.487. The monoisotopic (exact) mass is 375 g/mol. The zero-order chi connectivity index (χ0) is 20.8. The Morgan fingerprint density at radius 1 is 1.25 bits per heavy atom. The van der Waals surface area contributed by atoms with Crippen molar-refractivity contribution in [3.8, 4) is 5.75 Å². The molecule has 0 aliphatic carbocycles. The first-order valence-corrected chi connectivity index (χ1v) is 8.60. The van der Waals surface area contributed by atoms with Gasteiger partial charge >= 0.3 is 0 Å². The van der Waals surface area contributed by atoms with Gasteiger partial charge in [0.1, 0.15) is 17.9 Å². The van der Waals surface area contributed by atoms with Crippen LogP contribution in [0.15, 0.2) is 101 Å². The Kier molecular flexibility index (Phi) is 10.0. The number of amidine groups is 1. The van der Waals surface area contributed by atoms with Crippen LogP contribution in [0, 0.1) is 0 Å². The van der Waals surface area contributed by atoms with Gasteiger partial charge in [0, 0.05) is 17.3 Å². The first-order chi connectivity index (χ1) is 13.6. The van der Waals surface area contributed by atoms with Crippen molar-refractivity contribution in [2.45, 2.75) is 6.92 Å². The van der Waals surface area contributed by atoms with Crippen molar-refractivity contribution in [3.05, 3.63) is 96.8 Å². The van der Waals surface area contributed by atoms with Crippen LogP contribution >= 0.6 is 0 Å². The fraction of sp³-hybridized carbons (Fsp3) is 0.0870. The average molecular weight is 375 g/mol. The number of carbonyl (C=O) groups excluding carboxylic acids is 1. The van der Waals surface area contributed by atoms with Crippen LogP contribution in [0.1, 0.15) is 12.5 Å². The fourth-order valence-electron chi connectivity index (χ4n) is 2.14. The van der Waals surface area contributed by atoms with E-state index in [1.54, 1.807) is 30.4 Å². The van der Waals surface area contributed by atoms with Gasteiger partial charge in [-0.1, -0.05) is 49.6 Å². The second kappa shape index (κ2) is 12.6. The van der Waals surface area contributed by atoms with Gasteiger partial charge in [0.25, 0.3) is 0 Å². The molecule has 0 atom stereocenters. The van der Waals surface area contributed by atoms with Crippen molar-refractivity contribution in [1.82, 2.24) is 5.32 Å². The van der Waals surface area contributed by atoms with Gasteiger partial charge < -0.3 is 10.4 Å². The lowest BCUT2D eigenvalue weighted by Crippen LogP contribution is -2.24. The summed E-state index contributed by atoms with van der Waals surface area (Å²) in [7, 11) is 0. The summed E-state index contributed by atoms with van der Waals surface area (Å²) in [4.78, 5) is 19.6. The minimum Gasteiger partial charge on any atom is -0.508 e. The predicted octanol–water partition coefficient (Wildman–Crippen LogP) is 4.57. The summed E-state index contributed by atoms with van der Waals surface area (Å²) < 4.78 is 0. The summed E-state index contributed by atoms with van der Waals surface area (Å²) in [5, 5.41) is 13.0. The second-order valence-corrected chi connectivity index (χ2v) is 5.47. The molecule has 0 bridgehead atoms. The number of rotatable bonds is 10. The van der Waals surface area contributed by atoms with Crippen molar-refractivity contribution in [2.24, 2.45) is 9.98 Å². The van der Waals surface area contributed by atoms with Crippen LogP contribution in [-0.2, 0) is 4.79 Å². The van der Waals surface area contributed by atoms with Crippen molar-refractivity contribution in [1.29, 1.82) is 0 Å². The summed E-state index contributed by atoms with van der Waals surface area (Å²) in [6.07, 6.45) is 14.4. The number of carbonyl (C=O) groups is 1. The van der Waals surface area contributed by atoms with E-state index in [2.05, 4.69) is 35.2 Å². The molecule has 5 nitrogen and oxygen atoms in total. The summed E-state index contributed by atoms with van der Waals surface area (Å²) in [5.41, 5.74) is 2.49. The van der Waals surface area contributed by atoms with Gasteiger partial charge in [-0.15, -0.1) is 0 Å². The first kappa shape index (κ1) is 22.3. The molecule has 1 rings (SSSR count). The van der Waals surface area contributed by atoms with Crippen LogP contribution in [0.25, 0.3) is 0 Å². The van der Waals surface area contributed by atoms with E-state index in [1.165, 1.54) is 18.2 Å². The zero-order valence-corrected chi connectivity index (χ0v) is 16.0. The highest BCUT2D eigenvalue weighted by Crippen LogP contribution is 2.24. The van der Waals surface area contributed by atoms with Crippen molar-refractivity contribution in [3.63, 3.8) is 0 Å². The number of aliphatic imine (C=N–C) groups is 2. The summed E-state index contributed by atoms with van der Waals surface area (Å²) in [6.45, 7) is 13.3. The van der Waals surface area contributed by atoms with Crippen molar-refractivity contribution < 1.29 is 9.90 Å². The molecule has 0 aliphatic heterocycles. The maximum atomic E-state index is 11.0. The SMILES string of the molecule is C=C/C=C\C(=C\C=O)NC(=NC/C(C=C)=C/C=C\C)c1cc(O)ccc1N=C. The Morgan fingerprint density at radius 3 is 2.64 bits per heavy atom. The number of aromatic hydroxyl groups is 1. The average Bonchev–Trinajstić information content (AvgIpc) is 2.71. The number of hydrogen-bond acceptors (Lipinski definition) is 4. The van der Waals surface area contributed by atoms with Gasteiger partial charge in [0.2, 0.25) is 0 Å². The maximum Gasteiger partial charge on any atom is 0.144 e. The molecule has 0 fully saturated rings. The standard InChI is InChI=1S/C23H25N3O2/c1-5-8-10-18(7-3)17-25-23(26-19(14-15-27)11-9-6-2)21-16-20(28)12-13-22(21)24-4/h5-16,28H,2-4,17H2,1H3,(H,25,26)/b8-5-,11-9-,18-10+,19-14-. The van der Waals surface area contributed by atoms with E-state index in [4.69, 9.17) is 0 Å². The molecule has 28 heavy (non-hydrogen) atoms. The number of phenolic OH excluding ortho intramolecular Hbond substituents is 1. The Bertz CT molecular complexity index is 872. The highest BCUT2D eigenvalue weighted by molar-refractivity contribution is 6.05. The Labute approximate surface area is 166 Å². The van der Waals surface area contributed by atoms with E-state index in [9.17, 15) is 9.90 Å². The zero-order valence-electron chi connectivity index (χ0n) is 16.0. The van der Waals surface area contributed by atoms with Gasteiger partial charge in [-0.2, -0.15) is 0 Å². The number of aldehydes is 1. The molecular formula is C23H25N3O2. The smallest absolute Gasteiger partial charge is 0.144 e. The first-order valence-electron chi connectivity index (χ1n) is 8.60. The molecule has 0 saturated heterocycles. The minimum atomic E-state index is 0.0628. The molecule has 0 radical (unpaired) electrons. The highest BCUT2D eigenvalue weighted by atomic mass is 16.3.